The van der Waals surface area contributed by atoms with Crippen LogP contribution in [-0.4, -0.2) is 145 Å². The zero-order chi connectivity index (χ0) is 41.7. The summed E-state index contributed by atoms with van der Waals surface area (Å²) in [5.41, 5.74) is 3.08. The summed E-state index contributed by atoms with van der Waals surface area (Å²) in [6.45, 7) is 18.0. The maximum absolute atomic E-state index is 12.9. The lowest BCUT2D eigenvalue weighted by molar-refractivity contribution is 0.0894. The molecule has 4 fully saturated rings. The highest BCUT2D eigenvalue weighted by molar-refractivity contribution is 6.00. The van der Waals surface area contributed by atoms with Crippen molar-refractivity contribution in [2.45, 2.75) is 109 Å². The SMILES string of the molecule is CC(C)Oc1cccc2[nH]c(C(=O)NC3CCN(CCN4CCCCCC4)CC3)cc12.COc1cccc2[nH]c(C(=O)NC3CCN(CCN4CCCCCC4)CC3)cc12. The molecule has 6 heterocycles. The third-order valence-electron chi connectivity index (χ3n) is 13.0. The maximum atomic E-state index is 12.9. The Hall–Kier alpha value is -4.10. The molecule has 4 aliphatic rings. The number of nitrogens with zero attached hydrogens (tertiary/aromatic N) is 4. The van der Waals surface area contributed by atoms with Crippen LogP contribution in [0.25, 0.3) is 21.8 Å². The molecule has 2 aromatic heterocycles. The molecule has 0 atom stereocenters. The van der Waals surface area contributed by atoms with Crippen LogP contribution in [0.3, 0.4) is 0 Å². The molecule has 2 aromatic carbocycles. The molecule has 12 heteroatoms. The fourth-order valence-electron chi connectivity index (χ4n) is 9.45. The van der Waals surface area contributed by atoms with Gasteiger partial charge in [-0.05, 0) is 128 Å². The summed E-state index contributed by atoms with van der Waals surface area (Å²) in [6.07, 6.45) is 15.2. The number of rotatable bonds is 13. The van der Waals surface area contributed by atoms with Gasteiger partial charge in [0.15, 0.2) is 0 Å². The van der Waals surface area contributed by atoms with Gasteiger partial charge < -0.3 is 49.7 Å². The van der Waals surface area contributed by atoms with Crippen molar-refractivity contribution >= 4 is 33.6 Å². The molecule has 0 aliphatic carbocycles. The van der Waals surface area contributed by atoms with Crippen molar-refractivity contribution in [1.29, 1.82) is 0 Å². The molecule has 0 unspecified atom stereocenters. The van der Waals surface area contributed by atoms with Crippen molar-refractivity contribution in [2.75, 3.05) is 85.6 Å². The number of hydrogen-bond acceptors (Lipinski definition) is 8. The van der Waals surface area contributed by atoms with Crippen LogP contribution in [0, 0.1) is 0 Å². The summed E-state index contributed by atoms with van der Waals surface area (Å²) in [7, 11) is 1.65. The van der Waals surface area contributed by atoms with Crippen LogP contribution in [0.5, 0.6) is 11.5 Å². The number of piperidine rings is 2. The van der Waals surface area contributed by atoms with Crippen LogP contribution >= 0.6 is 0 Å². The highest BCUT2D eigenvalue weighted by Crippen LogP contribution is 2.28. The first-order valence-corrected chi connectivity index (χ1v) is 23.3. The fraction of sp³-hybridized carbons (Fsp3) is 0.625. The molecule has 0 saturated carbocycles. The van der Waals surface area contributed by atoms with E-state index in [4.69, 9.17) is 9.47 Å². The molecule has 4 aliphatic heterocycles. The second-order valence-electron chi connectivity index (χ2n) is 17.9. The first-order valence-electron chi connectivity index (χ1n) is 23.3. The van der Waals surface area contributed by atoms with Crippen LogP contribution in [0.2, 0.25) is 0 Å². The zero-order valence-corrected chi connectivity index (χ0v) is 36.7. The molecule has 8 rings (SSSR count). The van der Waals surface area contributed by atoms with Crippen molar-refractivity contribution in [2.24, 2.45) is 0 Å². The predicted octanol–water partition coefficient (Wildman–Crippen LogP) is 7.27. The van der Waals surface area contributed by atoms with E-state index in [1.807, 2.05) is 62.4 Å². The van der Waals surface area contributed by atoms with Gasteiger partial charge in [0.1, 0.15) is 22.9 Å². The number of H-pyrrole nitrogens is 2. The van der Waals surface area contributed by atoms with Crippen molar-refractivity contribution in [3.8, 4) is 11.5 Å². The van der Waals surface area contributed by atoms with Gasteiger partial charge in [-0.1, -0.05) is 37.8 Å². The normalized spacial score (nSPS) is 19.7. The number of aromatic amines is 2. The van der Waals surface area contributed by atoms with E-state index in [1.54, 1.807) is 7.11 Å². The molecule has 0 radical (unpaired) electrons. The van der Waals surface area contributed by atoms with Crippen molar-refractivity contribution in [1.82, 2.24) is 40.2 Å². The lowest BCUT2D eigenvalue weighted by Crippen LogP contribution is -2.46. The number of carbonyl (C=O) groups is 2. The number of benzene rings is 2. The molecule has 4 saturated heterocycles. The quantitative estimate of drug-likeness (QED) is 0.111. The number of nitrogens with one attached hydrogen (secondary N) is 4. The van der Waals surface area contributed by atoms with Gasteiger partial charge in [0.2, 0.25) is 0 Å². The lowest BCUT2D eigenvalue weighted by Gasteiger charge is -2.33. The molecule has 4 N–H and O–H groups in total. The Balaban J connectivity index is 0.000000182. The number of likely N-dealkylation sites (tertiary alicyclic amines) is 4. The van der Waals surface area contributed by atoms with Gasteiger partial charge in [-0.15, -0.1) is 0 Å². The summed E-state index contributed by atoms with van der Waals surface area (Å²) in [5, 5.41) is 8.37. The first kappa shape index (κ1) is 44.0. The molecular formula is C48H72N8O4. The van der Waals surface area contributed by atoms with Crippen molar-refractivity contribution < 1.29 is 19.1 Å². The van der Waals surface area contributed by atoms with E-state index >= 15 is 0 Å². The lowest BCUT2D eigenvalue weighted by atomic mass is 10.0. The number of ether oxygens (including phenoxy) is 2. The molecule has 2 amide bonds. The van der Waals surface area contributed by atoms with Crippen LogP contribution in [0.1, 0.15) is 112 Å². The Morgan fingerprint density at radius 1 is 0.583 bits per heavy atom. The van der Waals surface area contributed by atoms with Gasteiger partial charge in [-0.25, -0.2) is 0 Å². The smallest absolute Gasteiger partial charge is 0.267 e. The molecule has 4 aromatic rings. The maximum Gasteiger partial charge on any atom is 0.267 e. The van der Waals surface area contributed by atoms with E-state index in [0.29, 0.717) is 11.4 Å². The fourth-order valence-corrected chi connectivity index (χ4v) is 9.45. The molecule has 12 nitrogen and oxygen atoms in total. The highest BCUT2D eigenvalue weighted by atomic mass is 16.5. The molecule has 60 heavy (non-hydrogen) atoms. The van der Waals surface area contributed by atoms with Gasteiger partial charge in [0.05, 0.1) is 13.2 Å². The molecule has 0 bridgehead atoms. The number of methoxy groups -OCH3 is 1. The van der Waals surface area contributed by atoms with Crippen LogP contribution in [0.15, 0.2) is 48.5 Å². The monoisotopic (exact) mass is 825 g/mol. The van der Waals surface area contributed by atoms with E-state index in [1.165, 1.54) is 90.6 Å². The predicted molar refractivity (Wildman–Crippen MR) is 243 cm³/mol. The summed E-state index contributed by atoms with van der Waals surface area (Å²) < 4.78 is 11.3. The minimum atomic E-state index is -0.0220. The molecular weight excluding hydrogens is 753 g/mol. The van der Waals surface area contributed by atoms with Gasteiger partial charge in [0.25, 0.3) is 11.8 Å². The number of hydrogen-bond donors (Lipinski definition) is 4. The average Bonchev–Trinajstić information content (AvgIpc) is 3.70. The van der Waals surface area contributed by atoms with Crippen molar-refractivity contribution in [3.05, 3.63) is 59.9 Å². The van der Waals surface area contributed by atoms with Gasteiger partial charge in [0, 0.05) is 86.2 Å². The summed E-state index contributed by atoms with van der Waals surface area (Å²) in [6, 6.07) is 16.0. The highest BCUT2D eigenvalue weighted by Gasteiger charge is 2.24. The summed E-state index contributed by atoms with van der Waals surface area (Å²) in [4.78, 5) is 42.4. The second kappa shape index (κ2) is 22.1. The van der Waals surface area contributed by atoms with E-state index < -0.39 is 0 Å². The standard InChI is InChI=1S/C25H38N4O2.C23H34N4O2/c1-19(2)31-24-9-7-8-22-21(24)18-23(27-22)25(30)26-20-10-14-29(15-11-20)17-16-28-12-5-3-4-6-13-28;1-29-22-8-6-7-20-19(22)17-21(25-20)23(28)24-18-9-13-27(14-10-18)16-15-26-11-4-2-3-5-12-26/h7-9,18-20,27H,3-6,10-17H2,1-2H3,(H,26,30);6-8,17-18,25H,2-5,9-16H2,1H3,(H,24,28). The van der Waals surface area contributed by atoms with Crippen LogP contribution in [-0.2, 0) is 0 Å². The number of carbonyl (C=O) groups excluding carboxylic acids is 2. The van der Waals surface area contributed by atoms with E-state index in [0.717, 1.165) is 98.3 Å². The number of fused-ring (bicyclic) bond motifs is 2. The zero-order valence-electron chi connectivity index (χ0n) is 36.7. The van der Waals surface area contributed by atoms with Crippen molar-refractivity contribution in [3.63, 3.8) is 0 Å². The van der Waals surface area contributed by atoms with Crippen LogP contribution in [0.4, 0.5) is 0 Å². The number of amides is 2. The number of aromatic nitrogens is 2. The molecule has 328 valence electrons. The first-order chi connectivity index (χ1) is 29.3. The third kappa shape index (κ3) is 12.5. The minimum Gasteiger partial charge on any atom is -0.496 e. The molecule has 0 spiro atoms. The Kier molecular flexibility index (Phi) is 16.2. The van der Waals surface area contributed by atoms with Gasteiger partial charge in [-0.3, -0.25) is 9.59 Å². The van der Waals surface area contributed by atoms with Crippen LogP contribution < -0.4 is 20.1 Å². The topological polar surface area (TPSA) is 121 Å². The van der Waals surface area contributed by atoms with E-state index in [9.17, 15) is 9.59 Å². The summed E-state index contributed by atoms with van der Waals surface area (Å²) >= 11 is 0. The minimum absolute atomic E-state index is 0.0188. The largest absolute Gasteiger partial charge is 0.496 e. The van der Waals surface area contributed by atoms with Gasteiger partial charge in [-0.2, -0.15) is 0 Å². The Morgan fingerprint density at radius 3 is 1.37 bits per heavy atom. The van der Waals surface area contributed by atoms with E-state index in [2.05, 4.69) is 40.2 Å². The Bertz CT molecular complexity index is 1930. The van der Waals surface area contributed by atoms with Gasteiger partial charge >= 0.3 is 0 Å². The average molecular weight is 825 g/mol. The summed E-state index contributed by atoms with van der Waals surface area (Å²) in [5.74, 6) is 1.57. The Labute approximate surface area is 358 Å². The van der Waals surface area contributed by atoms with E-state index in [-0.39, 0.29) is 30.0 Å². The second-order valence-corrected chi connectivity index (χ2v) is 17.9. The third-order valence-corrected chi connectivity index (χ3v) is 13.0. The Morgan fingerprint density at radius 2 is 0.967 bits per heavy atom.